The zero-order valence-electron chi connectivity index (χ0n) is 35.3. The van der Waals surface area contributed by atoms with Gasteiger partial charge in [0.2, 0.25) is 5.95 Å². The van der Waals surface area contributed by atoms with Crippen LogP contribution >= 0.6 is 0 Å². The first-order valence-corrected chi connectivity index (χ1v) is 22.4. The third-order valence-corrected chi connectivity index (χ3v) is 10.1. The number of nitrogens with two attached hydrogens (primary N) is 1. The highest BCUT2D eigenvalue weighted by Gasteiger charge is 2.18. The number of carbonyl (C=O) groups is 2. The van der Waals surface area contributed by atoms with Crippen molar-refractivity contribution < 1.29 is 23.8 Å². The van der Waals surface area contributed by atoms with Crippen LogP contribution in [0.25, 0.3) is 11.2 Å². The van der Waals surface area contributed by atoms with E-state index < -0.39 is 11.7 Å². The Morgan fingerprint density at radius 2 is 1.07 bits per heavy atom. The van der Waals surface area contributed by atoms with Crippen LogP contribution in [0.2, 0.25) is 0 Å². The second-order valence-electron chi connectivity index (χ2n) is 15.3. The van der Waals surface area contributed by atoms with Gasteiger partial charge in [0.15, 0.2) is 11.2 Å². The SMILES string of the molecule is CCCCCCCCC=CCCCCCCCC(=O)OCC(COC(=O)CCCCCCCC=CCCCCCCCC)OCn1cnc2c(=O)[nH]c(N)nc21. The summed E-state index contributed by atoms with van der Waals surface area (Å²) in [5.74, 6) is -0.634. The van der Waals surface area contributed by atoms with Gasteiger partial charge in [0.1, 0.15) is 26.0 Å². The molecule has 11 nitrogen and oxygen atoms in total. The summed E-state index contributed by atoms with van der Waals surface area (Å²) in [6.07, 6.45) is 41.7. The number of anilines is 1. The largest absolute Gasteiger partial charge is 0.463 e. The topological polar surface area (TPSA) is 151 Å². The van der Waals surface area contributed by atoms with Crippen molar-refractivity contribution in [2.75, 3.05) is 18.9 Å². The summed E-state index contributed by atoms with van der Waals surface area (Å²) >= 11 is 0. The fourth-order valence-corrected chi connectivity index (χ4v) is 6.59. The number of ether oxygens (including phenoxy) is 3. The monoisotopic (exact) mass is 784 g/mol. The van der Waals surface area contributed by atoms with Crippen molar-refractivity contribution >= 4 is 29.1 Å². The molecule has 0 aliphatic heterocycles. The van der Waals surface area contributed by atoms with E-state index in [1.807, 2.05) is 0 Å². The molecular weight excluding hydrogens is 707 g/mol. The van der Waals surface area contributed by atoms with E-state index in [2.05, 4.69) is 53.1 Å². The fourth-order valence-electron chi connectivity index (χ4n) is 6.59. The van der Waals surface area contributed by atoms with E-state index in [4.69, 9.17) is 19.9 Å². The second kappa shape index (κ2) is 33.6. The molecule has 0 aromatic carbocycles. The molecule has 2 aromatic rings. The van der Waals surface area contributed by atoms with E-state index >= 15 is 0 Å². The number of imidazole rings is 1. The quantitative estimate of drug-likeness (QED) is 0.0387. The minimum Gasteiger partial charge on any atom is -0.463 e. The Labute approximate surface area is 338 Å². The zero-order chi connectivity index (χ0) is 40.3. The summed E-state index contributed by atoms with van der Waals surface area (Å²) in [4.78, 5) is 48.1. The summed E-state index contributed by atoms with van der Waals surface area (Å²) in [5, 5.41) is 0. The van der Waals surface area contributed by atoms with Gasteiger partial charge in [-0.2, -0.15) is 4.98 Å². The third-order valence-electron chi connectivity index (χ3n) is 10.1. The highest BCUT2D eigenvalue weighted by atomic mass is 16.6. The maximum atomic E-state index is 12.6. The van der Waals surface area contributed by atoms with Gasteiger partial charge in [-0.25, -0.2) is 4.98 Å². The van der Waals surface area contributed by atoms with Crippen molar-refractivity contribution in [1.82, 2.24) is 19.5 Å². The standard InChI is InChI=1S/C45H77N5O6/c1-3-5-7-9-11-13-15-17-19-21-23-25-27-29-31-33-40(51)54-35-39(56-38-50-37-47-42-43(50)48-45(46)49-44(42)53)36-55-41(52)34-32-30-28-26-24-22-20-18-16-14-12-10-8-6-4-2/h17-20,37,39H,3-16,21-36,38H2,1-2H3,(H3,46,48,49,53). The number of aromatic amines is 1. The molecule has 2 heterocycles. The van der Waals surface area contributed by atoms with Crippen LogP contribution < -0.4 is 11.3 Å². The van der Waals surface area contributed by atoms with Crippen LogP contribution in [0.5, 0.6) is 0 Å². The molecule has 318 valence electrons. The van der Waals surface area contributed by atoms with Crippen LogP contribution in [0.15, 0.2) is 35.4 Å². The average Bonchev–Trinajstić information content (AvgIpc) is 3.60. The molecule has 0 radical (unpaired) electrons. The fraction of sp³-hybridized carbons (Fsp3) is 0.756. The van der Waals surface area contributed by atoms with E-state index in [-0.39, 0.29) is 49.0 Å². The lowest BCUT2D eigenvalue weighted by Crippen LogP contribution is -2.29. The minimum atomic E-state index is -0.706. The predicted molar refractivity (Wildman–Crippen MR) is 228 cm³/mol. The smallest absolute Gasteiger partial charge is 0.305 e. The van der Waals surface area contributed by atoms with Crippen molar-refractivity contribution in [2.45, 2.75) is 206 Å². The molecule has 0 unspecified atom stereocenters. The van der Waals surface area contributed by atoms with Crippen molar-refractivity contribution in [1.29, 1.82) is 0 Å². The lowest BCUT2D eigenvalue weighted by Gasteiger charge is -2.18. The first kappa shape index (κ1) is 48.7. The Kier molecular flexibility index (Phi) is 29.3. The molecule has 0 bridgehead atoms. The number of hydrogen-bond donors (Lipinski definition) is 2. The predicted octanol–water partition coefficient (Wildman–Crippen LogP) is 11.2. The number of esters is 2. The molecule has 56 heavy (non-hydrogen) atoms. The first-order valence-electron chi connectivity index (χ1n) is 22.4. The van der Waals surface area contributed by atoms with Crippen LogP contribution in [-0.2, 0) is 30.5 Å². The van der Waals surface area contributed by atoms with Gasteiger partial charge in [-0.3, -0.25) is 23.9 Å². The van der Waals surface area contributed by atoms with Gasteiger partial charge in [0, 0.05) is 12.8 Å². The molecule has 0 amide bonds. The molecule has 0 spiro atoms. The molecule has 11 heteroatoms. The van der Waals surface area contributed by atoms with E-state index in [9.17, 15) is 14.4 Å². The summed E-state index contributed by atoms with van der Waals surface area (Å²) in [7, 11) is 0. The summed E-state index contributed by atoms with van der Waals surface area (Å²) in [6.45, 7) is 4.34. The van der Waals surface area contributed by atoms with Gasteiger partial charge in [-0.05, 0) is 64.2 Å². The third kappa shape index (κ3) is 24.9. The lowest BCUT2D eigenvalue weighted by molar-refractivity contribution is -0.157. The number of nitrogen functional groups attached to an aromatic ring is 1. The van der Waals surface area contributed by atoms with Gasteiger partial charge in [-0.15, -0.1) is 0 Å². The number of H-pyrrole nitrogens is 1. The maximum Gasteiger partial charge on any atom is 0.305 e. The molecule has 0 atom stereocenters. The molecule has 2 rings (SSSR count). The molecule has 3 N–H and O–H groups in total. The molecule has 0 saturated heterocycles. The van der Waals surface area contributed by atoms with Gasteiger partial charge >= 0.3 is 11.9 Å². The Morgan fingerprint density at radius 1 is 0.661 bits per heavy atom. The average molecular weight is 784 g/mol. The van der Waals surface area contributed by atoms with Crippen molar-refractivity contribution in [3.63, 3.8) is 0 Å². The number of aromatic nitrogens is 4. The Hall–Kier alpha value is -3.47. The van der Waals surface area contributed by atoms with Crippen LogP contribution in [0.1, 0.15) is 194 Å². The highest BCUT2D eigenvalue weighted by Crippen LogP contribution is 2.14. The van der Waals surface area contributed by atoms with Crippen LogP contribution in [0.3, 0.4) is 0 Å². The summed E-state index contributed by atoms with van der Waals surface area (Å²) in [6, 6.07) is 0. The zero-order valence-corrected chi connectivity index (χ0v) is 35.3. The van der Waals surface area contributed by atoms with Crippen molar-refractivity contribution in [3.8, 4) is 0 Å². The number of unbranched alkanes of at least 4 members (excludes halogenated alkanes) is 22. The normalized spacial score (nSPS) is 12.3. The maximum absolute atomic E-state index is 12.6. The molecule has 0 fully saturated rings. The van der Waals surface area contributed by atoms with E-state index in [1.165, 1.54) is 114 Å². The molecule has 2 aromatic heterocycles. The van der Waals surface area contributed by atoms with Crippen molar-refractivity contribution in [3.05, 3.63) is 41.0 Å². The molecule has 0 aliphatic rings. The second-order valence-corrected chi connectivity index (χ2v) is 15.3. The Morgan fingerprint density at radius 3 is 1.52 bits per heavy atom. The first-order chi connectivity index (χ1) is 27.4. The molecule has 0 saturated carbocycles. The minimum absolute atomic E-state index is 0.0325. The number of nitrogens with one attached hydrogen (secondary N) is 1. The van der Waals surface area contributed by atoms with E-state index in [1.54, 1.807) is 0 Å². The number of hydrogen-bond acceptors (Lipinski definition) is 9. The number of allylic oxidation sites excluding steroid dienone is 4. The van der Waals surface area contributed by atoms with Crippen LogP contribution in [0.4, 0.5) is 5.95 Å². The van der Waals surface area contributed by atoms with Crippen LogP contribution in [0, 0.1) is 0 Å². The Bertz CT molecular complexity index is 1350. The summed E-state index contributed by atoms with van der Waals surface area (Å²) < 4.78 is 18.7. The van der Waals surface area contributed by atoms with Gasteiger partial charge in [0.25, 0.3) is 5.56 Å². The van der Waals surface area contributed by atoms with E-state index in [0.29, 0.717) is 12.8 Å². The number of rotatable bonds is 37. The lowest BCUT2D eigenvalue weighted by atomic mass is 10.1. The van der Waals surface area contributed by atoms with Gasteiger partial charge in [-0.1, -0.05) is 141 Å². The van der Waals surface area contributed by atoms with Crippen LogP contribution in [-0.4, -0.2) is 50.8 Å². The Balaban J connectivity index is 1.64. The summed E-state index contributed by atoms with van der Waals surface area (Å²) in [5.41, 5.74) is 5.69. The number of carbonyl (C=O) groups excluding carboxylic acids is 2. The van der Waals surface area contributed by atoms with Crippen molar-refractivity contribution in [2.24, 2.45) is 0 Å². The van der Waals surface area contributed by atoms with Gasteiger partial charge < -0.3 is 19.9 Å². The number of nitrogens with zero attached hydrogens (tertiary/aromatic N) is 3. The van der Waals surface area contributed by atoms with Gasteiger partial charge in [0.05, 0.1) is 6.33 Å². The highest BCUT2D eigenvalue weighted by molar-refractivity contribution is 5.70. The molecule has 0 aliphatic carbocycles. The molecular formula is C45H77N5O6. The van der Waals surface area contributed by atoms with E-state index in [0.717, 1.165) is 64.2 Å². The number of fused-ring (bicyclic) bond motifs is 1.